The predicted molar refractivity (Wildman–Crippen MR) is 113 cm³/mol. The van der Waals surface area contributed by atoms with Crippen LogP contribution in [0, 0.1) is 0 Å². The molecule has 3 aromatic carbocycles. The van der Waals surface area contributed by atoms with Crippen LogP contribution in [0.15, 0.2) is 71.8 Å². The maximum absolute atomic E-state index is 12.4. The molecule has 0 aromatic heterocycles. The first-order valence-electron chi connectivity index (χ1n) is 8.98. The molecule has 0 radical (unpaired) electrons. The first kappa shape index (κ1) is 19.5. The van der Waals surface area contributed by atoms with Gasteiger partial charge >= 0.3 is 0 Å². The number of amides is 2. The van der Waals surface area contributed by atoms with Gasteiger partial charge < -0.3 is 14.8 Å². The summed E-state index contributed by atoms with van der Waals surface area (Å²) in [5, 5.41) is 7.27. The highest BCUT2D eigenvalue weighted by Gasteiger charge is 2.13. The fourth-order valence-electron chi connectivity index (χ4n) is 2.77. The average Bonchev–Trinajstić information content (AvgIpc) is 3.22. The summed E-state index contributed by atoms with van der Waals surface area (Å²) in [5.74, 6) is 0.600. The van der Waals surface area contributed by atoms with E-state index >= 15 is 0 Å². The van der Waals surface area contributed by atoms with Crippen LogP contribution in [-0.4, -0.2) is 24.8 Å². The molecule has 0 spiro atoms. The fourth-order valence-corrected chi connectivity index (χ4v) is 2.89. The summed E-state index contributed by atoms with van der Waals surface area (Å²) in [5.41, 5.74) is 4.52. The van der Waals surface area contributed by atoms with E-state index in [1.165, 1.54) is 6.21 Å². The summed E-state index contributed by atoms with van der Waals surface area (Å²) < 4.78 is 10.6. The third-order valence-corrected chi connectivity index (χ3v) is 4.52. The summed E-state index contributed by atoms with van der Waals surface area (Å²) in [6, 6.07) is 18.4. The number of fused-ring (bicyclic) bond motifs is 1. The molecule has 8 heteroatoms. The van der Waals surface area contributed by atoms with Gasteiger partial charge in [-0.3, -0.25) is 9.59 Å². The highest BCUT2D eigenvalue weighted by molar-refractivity contribution is 6.30. The second-order valence-electron chi connectivity index (χ2n) is 6.35. The average molecular weight is 422 g/mol. The van der Waals surface area contributed by atoms with E-state index in [1.54, 1.807) is 66.7 Å². The number of nitrogens with one attached hydrogen (secondary N) is 2. The summed E-state index contributed by atoms with van der Waals surface area (Å²) >= 11 is 5.84. The molecule has 2 N–H and O–H groups in total. The maximum Gasteiger partial charge on any atom is 0.271 e. The smallest absolute Gasteiger partial charge is 0.271 e. The first-order valence-corrected chi connectivity index (χ1v) is 9.36. The summed E-state index contributed by atoms with van der Waals surface area (Å²) in [7, 11) is 0. The first-order chi connectivity index (χ1) is 14.6. The Kier molecular flexibility index (Phi) is 5.63. The van der Waals surface area contributed by atoms with Crippen molar-refractivity contribution < 1.29 is 19.1 Å². The predicted octanol–water partition coefficient (Wildman–Crippen LogP) is 4.08. The van der Waals surface area contributed by atoms with Gasteiger partial charge in [-0.1, -0.05) is 17.7 Å². The Labute approximate surface area is 177 Å². The van der Waals surface area contributed by atoms with E-state index in [4.69, 9.17) is 21.1 Å². The number of ether oxygens (including phenoxy) is 2. The van der Waals surface area contributed by atoms with Crippen molar-refractivity contribution in [3.8, 4) is 11.5 Å². The van der Waals surface area contributed by atoms with Gasteiger partial charge in [-0.05, 0) is 66.2 Å². The van der Waals surface area contributed by atoms with Crippen LogP contribution in [0.5, 0.6) is 11.5 Å². The minimum Gasteiger partial charge on any atom is -0.454 e. The van der Waals surface area contributed by atoms with E-state index in [0.717, 1.165) is 5.56 Å². The van der Waals surface area contributed by atoms with Crippen LogP contribution in [0.2, 0.25) is 5.02 Å². The summed E-state index contributed by atoms with van der Waals surface area (Å²) in [6.45, 7) is 0.192. The number of rotatable bonds is 5. The fraction of sp³-hybridized carbons (Fsp3) is 0.0455. The maximum atomic E-state index is 12.4. The molecule has 3 aromatic rings. The zero-order chi connectivity index (χ0) is 20.9. The molecule has 30 heavy (non-hydrogen) atoms. The zero-order valence-corrected chi connectivity index (χ0v) is 16.3. The summed E-state index contributed by atoms with van der Waals surface area (Å²) in [6.07, 6.45) is 1.51. The van der Waals surface area contributed by atoms with Gasteiger partial charge in [-0.15, -0.1) is 0 Å². The zero-order valence-electron chi connectivity index (χ0n) is 15.6. The SMILES string of the molecule is O=C(N/N=C\c1ccc2c(c1)OCO2)c1cccc(NC(=O)c2ccc(Cl)cc2)c1. The van der Waals surface area contributed by atoms with Crippen molar-refractivity contribution >= 4 is 35.3 Å². The standard InChI is InChI=1S/C22H16ClN3O4/c23-17-7-5-15(6-8-17)21(27)25-18-3-1-2-16(11-18)22(28)26-24-12-14-4-9-19-20(10-14)30-13-29-19/h1-12H,13H2,(H,25,27)(H,26,28)/b24-12-. The van der Waals surface area contributed by atoms with Crippen LogP contribution >= 0.6 is 11.6 Å². The van der Waals surface area contributed by atoms with Crippen LogP contribution in [0.25, 0.3) is 0 Å². The topological polar surface area (TPSA) is 89.0 Å². The van der Waals surface area contributed by atoms with E-state index in [0.29, 0.717) is 33.3 Å². The molecule has 1 aliphatic heterocycles. The van der Waals surface area contributed by atoms with Crippen molar-refractivity contribution in [3.63, 3.8) is 0 Å². The van der Waals surface area contributed by atoms with E-state index in [-0.39, 0.29) is 12.7 Å². The Bertz CT molecular complexity index is 1130. The molecule has 7 nitrogen and oxygen atoms in total. The molecule has 0 unspecified atom stereocenters. The Morgan fingerprint density at radius 2 is 1.70 bits per heavy atom. The van der Waals surface area contributed by atoms with E-state index in [9.17, 15) is 9.59 Å². The lowest BCUT2D eigenvalue weighted by molar-refractivity contribution is 0.0953. The summed E-state index contributed by atoms with van der Waals surface area (Å²) in [4.78, 5) is 24.7. The highest BCUT2D eigenvalue weighted by Crippen LogP contribution is 2.31. The minimum absolute atomic E-state index is 0.192. The highest BCUT2D eigenvalue weighted by atomic mass is 35.5. The number of benzene rings is 3. The lowest BCUT2D eigenvalue weighted by Crippen LogP contribution is -2.18. The number of anilines is 1. The number of carbonyl (C=O) groups is 2. The molecule has 0 atom stereocenters. The van der Waals surface area contributed by atoms with Crippen LogP contribution in [0.1, 0.15) is 26.3 Å². The number of hydrogen-bond acceptors (Lipinski definition) is 5. The molecule has 150 valence electrons. The van der Waals surface area contributed by atoms with Crippen molar-refractivity contribution in [1.82, 2.24) is 5.43 Å². The van der Waals surface area contributed by atoms with Crippen LogP contribution in [0.4, 0.5) is 5.69 Å². The van der Waals surface area contributed by atoms with Crippen molar-refractivity contribution in [3.05, 3.63) is 88.4 Å². The molecular weight excluding hydrogens is 406 g/mol. The van der Waals surface area contributed by atoms with Crippen LogP contribution in [0.3, 0.4) is 0 Å². The number of hydrazone groups is 1. The van der Waals surface area contributed by atoms with Gasteiger partial charge in [0.15, 0.2) is 11.5 Å². The van der Waals surface area contributed by atoms with Crippen molar-refractivity contribution in [2.24, 2.45) is 5.10 Å². The molecule has 1 aliphatic rings. The minimum atomic E-state index is -0.408. The molecule has 0 fully saturated rings. The molecule has 0 aliphatic carbocycles. The molecule has 2 amide bonds. The monoisotopic (exact) mass is 421 g/mol. The lowest BCUT2D eigenvalue weighted by atomic mass is 10.1. The number of hydrogen-bond donors (Lipinski definition) is 2. The third kappa shape index (κ3) is 4.59. The van der Waals surface area contributed by atoms with E-state index < -0.39 is 5.91 Å². The van der Waals surface area contributed by atoms with Crippen molar-refractivity contribution in [1.29, 1.82) is 0 Å². The third-order valence-electron chi connectivity index (χ3n) is 4.27. The van der Waals surface area contributed by atoms with Crippen molar-refractivity contribution in [2.45, 2.75) is 0 Å². The van der Waals surface area contributed by atoms with E-state index in [1.807, 2.05) is 0 Å². The lowest BCUT2D eigenvalue weighted by Gasteiger charge is -2.07. The second-order valence-corrected chi connectivity index (χ2v) is 6.79. The normalized spacial score (nSPS) is 12.0. The number of halogens is 1. The largest absolute Gasteiger partial charge is 0.454 e. The molecule has 1 heterocycles. The molecule has 0 saturated carbocycles. The van der Waals surface area contributed by atoms with Gasteiger partial charge in [-0.2, -0.15) is 5.10 Å². The van der Waals surface area contributed by atoms with Gasteiger partial charge in [-0.25, -0.2) is 5.43 Å². The molecule has 4 rings (SSSR count). The molecular formula is C22H16ClN3O4. The second kappa shape index (κ2) is 8.67. The Balaban J connectivity index is 1.38. The van der Waals surface area contributed by atoms with Crippen LogP contribution in [-0.2, 0) is 0 Å². The number of nitrogens with zero attached hydrogens (tertiary/aromatic N) is 1. The number of carbonyl (C=O) groups excluding carboxylic acids is 2. The molecule has 0 saturated heterocycles. The van der Waals surface area contributed by atoms with E-state index in [2.05, 4.69) is 15.8 Å². The molecule has 0 bridgehead atoms. The van der Waals surface area contributed by atoms with Crippen LogP contribution < -0.4 is 20.2 Å². The Morgan fingerprint density at radius 1 is 0.900 bits per heavy atom. The van der Waals surface area contributed by atoms with Gasteiger partial charge in [0.05, 0.1) is 6.21 Å². The van der Waals surface area contributed by atoms with Gasteiger partial charge in [0.25, 0.3) is 11.8 Å². The quantitative estimate of drug-likeness (QED) is 0.479. The Morgan fingerprint density at radius 3 is 2.53 bits per heavy atom. The van der Waals surface area contributed by atoms with Gasteiger partial charge in [0.1, 0.15) is 0 Å². The van der Waals surface area contributed by atoms with Gasteiger partial charge in [0, 0.05) is 21.8 Å². The Hall–Kier alpha value is -3.84. The van der Waals surface area contributed by atoms with Crippen molar-refractivity contribution in [2.75, 3.05) is 12.1 Å². The van der Waals surface area contributed by atoms with Gasteiger partial charge in [0.2, 0.25) is 6.79 Å².